The van der Waals surface area contributed by atoms with Gasteiger partial charge in [-0.25, -0.2) is 19.3 Å². The summed E-state index contributed by atoms with van der Waals surface area (Å²) in [7, 11) is 0. The van der Waals surface area contributed by atoms with Crippen LogP contribution in [0.4, 0.5) is 4.39 Å². The molecule has 5 heteroatoms. The number of hydrogen-bond donors (Lipinski definition) is 1. The molecule has 0 aromatic carbocycles. The molecule has 0 saturated carbocycles. The van der Waals surface area contributed by atoms with Crippen molar-refractivity contribution in [2.24, 2.45) is 0 Å². The summed E-state index contributed by atoms with van der Waals surface area (Å²) >= 11 is 0. The van der Waals surface area contributed by atoms with Crippen molar-refractivity contribution in [3.8, 4) is 11.5 Å². The van der Waals surface area contributed by atoms with Crippen molar-refractivity contribution in [3.05, 3.63) is 41.6 Å². The van der Waals surface area contributed by atoms with Crippen LogP contribution in [0.2, 0.25) is 0 Å². The highest BCUT2D eigenvalue weighted by atomic mass is 19.1. The summed E-state index contributed by atoms with van der Waals surface area (Å²) in [6.07, 6.45) is 2.72. The van der Waals surface area contributed by atoms with Gasteiger partial charge in [-0.15, -0.1) is 0 Å². The largest absolute Gasteiger partial charge is 0.392 e. The molecule has 2 rings (SSSR count). The van der Waals surface area contributed by atoms with Crippen LogP contribution in [-0.2, 0) is 6.61 Å². The molecule has 2 heterocycles. The van der Waals surface area contributed by atoms with E-state index in [1.165, 1.54) is 12.1 Å². The van der Waals surface area contributed by atoms with Crippen molar-refractivity contribution in [2.45, 2.75) is 26.4 Å². The third kappa shape index (κ3) is 2.51. The topological polar surface area (TPSA) is 58.9 Å². The lowest BCUT2D eigenvalue weighted by Crippen LogP contribution is -2.04. The molecule has 94 valence electrons. The molecule has 0 saturated heterocycles. The van der Waals surface area contributed by atoms with Crippen LogP contribution >= 0.6 is 0 Å². The van der Waals surface area contributed by atoms with E-state index in [1.54, 1.807) is 6.20 Å². The standard InChI is InChI=1S/C13H14FN3O/c1-8(2)12-9(7-18)5-16-13(17-12)11-4-3-10(14)6-15-11/h3-6,8,18H,7H2,1-2H3. The number of pyridine rings is 1. The first-order chi connectivity index (χ1) is 8.61. The molecule has 0 aliphatic carbocycles. The molecule has 0 bridgehead atoms. The minimum Gasteiger partial charge on any atom is -0.392 e. The minimum atomic E-state index is -0.394. The van der Waals surface area contributed by atoms with Gasteiger partial charge in [0, 0.05) is 11.8 Å². The number of halogens is 1. The Morgan fingerprint density at radius 3 is 2.56 bits per heavy atom. The summed E-state index contributed by atoms with van der Waals surface area (Å²) in [6.45, 7) is 3.89. The number of nitrogens with zero attached hydrogens (tertiary/aromatic N) is 3. The zero-order valence-corrected chi connectivity index (χ0v) is 10.3. The fourth-order valence-electron chi connectivity index (χ4n) is 1.67. The van der Waals surface area contributed by atoms with E-state index in [-0.39, 0.29) is 12.5 Å². The molecule has 0 atom stereocenters. The molecule has 2 aromatic rings. The molecular weight excluding hydrogens is 233 g/mol. The summed E-state index contributed by atoms with van der Waals surface area (Å²) in [5.74, 6) is 0.222. The minimum absolute atomic E-state index is 0.0926. The van der Waals surface area contributed by atoms with Crippen molar-refractivity contribution < 1.29 is 9.50 Å². The first-order valence-electron chi connectivity index (χ1n) is 5.70. The average Bonchev–Trinajstić information content (AvgIpc) is 2.39. The molecule has 18 heavy (non-hydrogen) atoms. The number of aromatic nitrogens is 3. The Morgan fingerprint density at radius 2 is 2.00 bits per heavy atom. The molecular formula is C13H14FN3O. The van der Waals surface area contributed by atoms with Gasteiger partial charge in [0.2, 0.25) is 0 Å². The Kier molecular flexibility index (Phi) is 3.62. The maximum atomic E-state index is 12.8. The molecule has 0 aliphatic heterocycles. The highest BCUT2D eigenvalue weighted by molar-refractivity contribution is 5.49. The van der Waals surface area contributed by atoms with Gasteiger partial charge in [0.05, 0.1) is 18.5 Å². The second-order valence-corrected chi connectivity index (χ2v) is 4.28. The highest BCUT2D eigenvalue weighted by Gasteiger charge is 2.11. The van der Waals surface area contributed by atoms with Crippen LogP contribution in [0.1, 0.15) is 31.0 Å². The van der Waals surface area contributed by atoms with E-state index in [2.05, 4.69) is 15.0 Å². The molecule has 4 nitrogen and oxygen atoms in total. The normalized spacial score (nSPS) is 10.9. The fourth-order valence-corrected chi connectivity index (χ4v) is 1.67. The maximum Gasteiger partial charge on any atom is 0.178 e. The van der Waals surface area contributed by atoms with Crippen LogP contribution in [-0.4, -0.2) is 20.1 Å². The summed E-state index contributed by atoms with van der Waals surface area (Å²) < 4.78 is 12.8. The van der Waals surface area contributed by atoms with Crippen molar-refractivity contribution in [2.75, 3.05) is 0 Å². The van der Waals surface area contributed by atoms with Gasteiger partial charge in [0.1, 0.15) is 11.5 Å². The molecule has 0 spiro atoms. The average molecular weight is 247 g/mol. The lowest BCUT2D eigenvalue weighted by molar-refractivity contribution is 0.279. The van der Waals surface area contributed by atoms with Gasteiger partial charge >= 0.3 is 0 Å². The number of hydrogen-bond acceptors (Lipinski definition) is 4. The van der Waals surface area contributed by atoms with E-state index in [0.29, 0.717) is 17.1 Å². The zero-order valence-electron chi connectivity index (χ0n) is 10.3. The van der Waals surface area contributed by atoms with Gasteiger partial charge < -0.3 is 5.11 Å². The summed E-state index contributed by atoms with van der Waals surface area (Å²) in [5, 5.41) is 9.22. The van der Waals surface area contributed by atoms with Crippen LogP contribution in [0.5, 0.6) is 0 Å². The molecule has 1 N–H and O–H groups in total. The van der Waals surface area contributed by atoms with E-state index >= 15 is 0 Å². The predicted octanol–water partition coefficient (Wildman–Crippen LogP) is 2.29. The van der Waals surface area contributed by atoms with Gasteiger partial charge in [0.15, 0.2) is 5.82 Å². The number of rotatable bonds is 3. The Morgan fingerprint density at radius 1 is 1.22 bits per heavy atom. The molecule has 0 fully saturated rings. The highest BCUT2D eigenvalue weighted by Crippen LogP contribution is 2.20. The van der Waals surface area contributed by atoms with Crippen LogP contribution in [0, 0.1) is 5.82 Å². The Bertz CT molecular complexity index is 540. The van der Waals surface area contributed by atoms with Crippen molar-refractivity contribution in [1.29, 1.82) is 0 Å². The van der Waals surface area contributed by atoms with Crippen LogP contribution < -0.4 is 0 Å². The third-order valence-electron chi connectivity index (χ3n) is 2.57. The van der Waals surface area contributed by atoms with E-state index < -0.39 is 5.82 Å². The van der Waals surface area contributed by atoms with Crippen molar-refractivity contribution in [3.63, 3.8) is 0 Å². The first-order valence-corrected chi connectivity index (χ1v) is 5.70. The second-order valence-electron chi connectivity index (χ2n) is 4.28. The maximum absolute atomic E-state index is 12.8. The van der Waals surface area contributed by atoms with E-state index in [0.717, 1.165) is 11.9 Å². The predicted molar refractivity (Wildman–Crippen MR) is 65.2 cm³/mol. The Labute approximate surface area is 105 Å². The Balaban J connectivity index is 2.46. The van der Waals surface area contributed by atoms with Gasteiger partial charge in [0.25, 0.3) is 0 Å². The molecule has 2 aromatic heterocycles. The summed E-state index contributed by atoms with van der Waals surface area (Å²) in [4.78, 5) is 12.5. The summed E-state index contributed by atoms with van der Waals surface area (Å²) in [6, 6.07) is 2.86. The van der Waals surface area contributed by atoms with Crippen molar-refractivity contribution in [1.82, 2.24) is 15.0 Å². The lowest BCUT2D eigenvalue weighted by Gasteiger charge is -2.10. The van der Waals surface area contributed by atoms with E-state index in [1.807, 2.05) is 13.8 Å². The van der Waals surface area contributed by atoms with Crippen molar-refractivity contribution >= 4 is 0 Å². The van der Waals surface area contributed by atoms with Crippen LogP contribution in [0.25, 0.3) is 11.5 Å². The number of aliphatic hydroxyl groups is 1. The van der Waals surface area contributed by atoms with Crippen LogP contribution in [0.15, 0.2) is 24.5 Å². The van der Waals surface area contributed by atoms with E-state index in [9.17, 15) is 9.50 Å². The molecule has 0 radical (unpaired) electrons. The Hall–Kier alpha value is -1.88. The second kappa shape index (κ2) is 5.18. The number of aliphatic hydroxyl groups excluding tert-OH is 1. The summed E-state index contributed by atoms with van der Waals surface area (Å²) in [5.41, 5.74) is 2.01. The van der Waals surface area contributed by atoms with E-state index in [4.69, 9.17) is 0 Å². The monoisotopic (exact) mass is 247 g/mol. The quantitative estimate of drug-likeness (QED) is 0.904. The molecule has 0 aliphatic rings. The van der Waals surface area contributed by atoms with Gasteiger partial charge in [-0.3, -0.25) is 0 Å². The fraction of sp³-hybridized carbons (Fsp3) is 0.308. The van der Waals surface area contributed by atoms with Gasteiger partial charge in [-0.2, -0.15) is 0 Å². The van der Waals surface area contributed by atoms with Gasteiger partial charge in [-0.05, 0) is 18.1 Å². The molecule has 0 amide bonds. The zero-order chi connectivity index (χ0) is 13.1. The first kappa shape index (κ1) is 12.6. The molecule has 0 unspecified atom stereocenters. The third-order valence-corrected chi connectivity index (χ3v) is 2.57. The van der Waals surface area contributed by atoms with Gasteiger partial charge in [-0.1, -0.05) is 13.8 Å². The smallest absolute Gasteiger partial charge is 0.178 e. The SMILES string of the molecule is CC(C)c1nc(-c2ccc(F)cn2)ncc1CO. The lowest BCUT2D eigenvalue weighted by atomic mass is 10.1. The van der Waals surface area contributed by atoms with Crippen LogP contribution in [0.3, 0.4) is 0 Å².